The van der Waals surface area contributed by atoms with Crippen molar-refractivity contribution in [1.29, 1.82) is 0 Å². The highest BCUT2D eigenvalue weighted by atomic mass is 32.1. The summed E-state index contributed by atoms with van der Waals surface area (Å²) >= 11 is 4.15. The minimum atomic E-state index is 0. The summed E-state index contributed by atoms with van der Waals surface area (Å²) in [6.45, 7) is 4.25. The lowest BCUT2D eigenvalue weighted by Crippen LogP contribution is -1.91. The average Bonchev–Trinajstić information content (AvgIpc) is 1.83. The Bertz CT molecular complexity index is 80.6. The van der Waals surface area contributed by atoms with Crippen LogP contribution in [0.15, 0.2) is 12.2 Å². The van der Waals surface area contributed by atoms with Crippen molar-refractivity contribution in [1.82, 2.24) is 0 Å². The summed E-state index contributed by atoms with van der Waals surface area (Å²) in [5.41, 5.74) is 0. The molecule has 0 aromatic rings. The Labute approximate surface area is 85.8 Å². The van der Waals surface area contributed by atoms with Crippen molar-refractivity contribution in [3.8, 4) is 0 Å². The number of rotatable bonds is 3. The third kappa shape index (κ3) is 41.3. The molecule has 1 atom stereocenters. The van der Waals surface area contributed by atoms with Gasteiger partial charge in [-0.1, -0.05) is 19.1 Å². The lowest BCUT2D eigenvalue weighted by molar-refractivity contribution is 0.677. The molecule has 0 heterocycles. The lowest BCUT2D eigenvalue weighted by atomic mass is 10.1. The molecule has 0 fully saturated rings. The van der Waals surface area contributed by atoms with Gasteiger partial charge in [-0.25, -0.2) is 0 Å². The molecule has 14 heavy (non-hydrogen) atoms. The van der Waals surface area contributed by atoms with Gasteiger partial charge in [0.2, 0.25) is 0 Å². The second-order valence-electron chi connectivity index (χ2n) is 2.09. The zero-order chi connectivity index (χ0) is 6.41. The molecule has 7 heteroatoms. The SMILES string of the molecule is CC=CCC(C)CS.F.F.F.F.F.F. The Morgan fingerprint density at radius 3 is 1.57 bits per heavy atom. The normalized spacial score (nSPS) is 8.50. The van der Waals surface area contributed by atoms with Crippen molar-refractivity contribution in [3.05, 3.63) is 12.2 Å². The Hall–Kier alpha value is -0.330. The van der Waals surface area contributed by atoms with Crippen LogP contribution in [-0.2, 0) is 0 Å². The minimum Gasteiger partial charge on any atom is -0.269 e. The van der Waals surface area contributed by atoms with Crippen molar-refractivity contribution in [3.63, 3.8) is 0 Å². The molecule has 0 nitrogen and oxygen atoms in total. The summed E-state index contributed by atoms with van der Waals surface area (Å²) in [6.07, 6.45) is 5.43. The first-order chi connectivity index (χ1) is 3.81. The van der Waals surface area contributed by atoms with E-state index >= 15 is 0 Å². The molecule has 0 saturated heterocycles. The molecule has 0 aliphatic rings. The maximum Gasteiger partial charge on any atom is -0.00692 e. The summed E-state index contributed by atoms with van der Waals surface area (Å²) < 4.78 is 0. The molecular formula is C7H20F6S. The number of thiol groups is 1. The molecule has 0 bridgehead atoms. The van der Waals surface area contributed by atoms with Crippen LogP contribution in [0.4, 0.5) is 28.2 Å². The van der Waals surface area contributed by atoms with E-state index in [-0.39, 0.29) is 28.2 Å². The maximum absolute atomic E-state index is 4.15. The van der Waals surface area contributed by atoms with E-state index in [0.717, 1.165) is 11.7 Å². The van der Waals surface area contributed by atoms with Gasteiger partial charge in [0.05, 0.1) is 0 Å². The molecule has 0 spiro atoms. The van der Waals surface area contributed by atoms with E-state index in [1.807, 2.05) is 6.92 Å². The summed E-state index contributed by atoms with van der Waals surface area (Å²) in [6, 6.07) is 0. The smallest absolute Gasteiger partial charge is 0.00692 e. The minimum absolute atomic E-state index is 0. The number of hydrogen-bond acceptors (Lipinski definition) is 1. The molecule has 0 rings (SSSR count). The Morgan fingerprint density at radius 1 is 1.00 bits per heavy atom. The number of halogens is 6. The fourth-order valence-corrected chi connectivity index (χ4v) is 0.592. The van der Waals surface area contributed by atoms with Crippen LogP contribution < -0.4 is 0 Å². The first-order valence-corrected chi connectivity index (χ1v) is 3.66. The van der Waals surface area contributed by atoms with Crippen LogP contribution >= 0.6 is 12.6 Å². The van der Waals surface area contributed by atoms with Crippen molar-refractivity contribution in [2.45, 2.75) is 20.3 Å². The Kier molecular flexibility index (Phi) is 137. The highest BCUT2D eigenvalue weighted by molar-refractivity contribution is 7.80. The molecule has 0 radical (unpaired) electrons. The molecule has 0 aromatic carbocycles. The van der Waals surface area contributed by atoms with Gasteiger partial charge in [0.15, 0.2) is 0 Å². The third-order valence-electron chi connectivity index (χ3n) is 1.09. The van der Waals surface area contributed by atoms with Crippen LogP contribution in [0, 0.1) is 5.92 Å². The molecule has 1 unspecified atom stereocenters. The summed E-state index contributed by atoms with van der Waals surface area (Å²) in [4.78, 5) is 0. The number of allylic oxidation sites excluding steroid dienone is 2. The monoisotopic (exact) mass is 250 g/mol. The molecular weight excluding hydrogens is 230 g/mol. The fourth-order valence-electron chi connectivity index (χ4n) is 0.443. The largest absolute Gasteiger partial charge is 0.269 e. The van der Waals surface area contributed by atoms with E-state index in [4.69, 9.17) is 0 Å². The molecule has 0 saturated carbocycles. The summed E-state index contributed by atoms with van der Waals surface area (Å²) in [5.74, 6) is 1.72. The predicted octanol–water partition coefficient (Wildman–Crippen LogP) is 3.43. The van der Waals surface area contributed by atoms with Crippen LogP contribution in [0.2, 0.25) is 0 Å². The van der Waals surface area contributed by atoms with Crippen molar-refractivity contribution in [2.75, 3.05) is 5.75 Å². The van der Waals surface area contributed by atoms with E-state index in [0.29, 0.717) is 0 Å². The molecule has 0 N–H and O–H groups in total. The zero-order valence-electron chi connectivity index (χ0n) is 8.04. The van der Waals surface area contributed by atoms with E-state index in [2.05, 4.69) is 31.7 Å². The Balaban J connectivity index is -0.0000000163. The highest BCUT2D eigenvalue weighted by Crippen LogP contribution is 2.03. The van der Waals surface area contributed by atoms with Gasteiger partial charge in [-0.3, -0.25) is 28.2 Å². The first kappa shape index (κ1) is 49.3. The van der Waals surface area contributed by atoms with Crippen molar-refractivity contribution in [2.24, 2.45) is 5.92 Å². The van der Waals surface area contributed by atoms with Gasteiger partial charge in [0, 0.05) is 0 Å². The van der Waals surface area contributed by atoms with E-state index < -0.39 is 0 Å². The van der Waals surface area contributed by atoms with Crippen molar-refractivity contribution < 1.29 is 28.2 Å². The van der Waals surface area contributed by atoms with E-state index in [9.17, 15) is 0 Å². The molecule has 0 aliphatic heterocycles. The average molecular weight is 250 g/mol. The molecule has 0 aliphatic carbocycles. The maximum atomic E-state index is 4.15. The van der Waals surface area contributed by atoms with Gasteiger partial charge < -0.3 is 0 Å². The third-order valence-corrected chi connectivity index (χ3v) is 1.71. The quantitative estimate of drug-likeness (QED) is 0.443. The second kappa shape index (κ2) is 38.8. The van der Waals surface area contributed by atoms with Gasteiger partial charge >= 0.3 is 0 Å². The van der Waals surface area contributed by atoms with Gasteiger partial charge in [0.25, 0.3) is 0 Å². The molecule has 0 amide bonds. The summed E-state index contributed by atoms with van der Waals surface area (Å²) in [5, 5.41) is 0. The van der Waals surface area contributed by atoms with Gasteiger partial charge in [-0.05, 0) is 25.0 Å². The topological polar surface area (TPSA) is 0 Å². The lowest BCUT2D eigenvalue weighted by Gasteiger charge is -2.00. The first-order valence-electron chi connectivity index (χ1n) is 3.03. The standard InChI is InChI=1S/C7H14S.6FH/c1-3-4-5-7(2)6-8;;;;;;/h3-4,7-8H,5-6H2,1-2H3;6*1H. The summed E-state index contributed by atoms with van der Waals surface area (Å²) in [7, 11) is 0. The zero-order valence-corrected chi connectivity index (χ0v) is 8.94. The van der Waals surface area contributed by atoms with E-state index in [1.54, 1.807) is 0 Å². The van der Waals surface area contributed by atoms with Crippen molar-refractivity contribution >= 4 is 12.6 Å². The van der Waals surface area contributed by atoms with Gasteiger partial charge in [-0.15, -0.1) is 0 Å². The Morgan fingerprint density at radius 2 is 1.36 bits per heavy atom. The predicted molar refractivity (Wildman–Crippen MR) is 57.5 cm³/mol. The van der Waals surface area contributed by atoms with Crippen LogP contribution in [0.5, 0.6) is 0 Å². The van der Waals surface area contributed by atoms with Crippen LogP contribution in [0.3, 0.4) is 0 Å². The fraction of sp³-hybridized carbons (Fsp3) is 0.714. The molecule has 0 aromatic heterocycles. The van der Waals surface area contributed by atoms with Crippen LogP contribution in [0.25, 0.3) is 0 Å². The van der Waals surface area contributed by atoms with Crippen LogP contribution in [-0.4, -0.2) is 5.75 Å². The van der Waals surface area contributed by atoms with Crippen LogP contribution in [0.1, 0.15) is 20.3 Å². The van der Waals surface area contributed by atoms with E-state index in [1.165, 1.54) is 6.42 Å². The second-order valence-corrected chi connectivity index (χ2v) is 2.46. The highest BCUT2D eigenvalue weighted by Gasteiger charge is 1.92. The number of hydrogen-bond donors (Lipinski definition) is 1. The van der Waals surface area contributed by atoms with Gasteiger partial charge in [0.1, 0.15) is 0 Å². The van der Waals surface area contributed by atoms with Gasteiger partial charge in [-0.2, -0.15) is 12.6 Å². The molecule has 96 valence electrons.